The molecule has 1 aliphatic carbocycles. The summed E-state index contributed by atoms with van der Waals surface area (Å²) >= 11 is 3.41. The van der Waals surface area contributed by atoms with Crippen LogP contribution in [0.1, 0.15) is 37.4 Å². The van der Waals surface area contributed by atoms with Crippen molar-refractivity contribution in [2.75, 3.05) is 5.32 Å². The van der Waals surface area contributed by atoms with Gasteiger partial charge in [-0.15, -0.1) is 0 Å². The largest absolute Gasteiger partial charge is 0.378 e. The second kappa shape index (κ2) is 5.95. The summed E-state index contributed by atoms with van der Waals surface area (Å²) in [5.74, 6) is -0.243. The fourth-order valence-corrected chi connectivity index (χ4v) is 3.05. The van der Waals surface area contributed by atoms with E-state index in [4.69, 9.17) is 0 Å². The van der Waals surface area contributed by atoms with Crippen LogP contribution in [0.4, 0.5) is 10.1 Å². The summed E-state index contributed by atoms with van der Waals surface area (Å²) in [6, 6.07) is 7.21. The van der Waals surface area contributed by atoms with E-state index in [-0.39, 0.29) is 5.82 Å². The summed E-state index contributed by atoms with van der Waals surface area (Å²) in [6.07, 6.45) is 7.10. The molecule has 3 nitrogen and oxygen atoms in total. The molecule has 2 aromatic rings. The van der Waals surface area contributed by atoms with Crippen LogP contribution in [0, 0.1) is 5.82 Å². The lowest BCUT2D eigenvalue weighted by molar-refractivity contribution is 0.463. The van der Waals surface area contributed by atoms with Gasteiger partial charge in [-0.2, -0.15) is 5.10 Å². The van der Waals surface area contributed by atoms with Crippen molar-refractivity contribution in [1.29, 1.82) is 0 Å². The number of nitrogens with zero attached hydrogens (tertiary/aromatic N) is 2. The molecule has 106 valence electrons. The molecule has 1 aromatic carbocycles. The van der Waals surface area contributed by atoms with Gasteiger partial charge in [0.1, 0.15) is 5.82 Å². The third-order valence-electron chi connectivity index (χ3n) is 3.75. The Kier molecular flexibility index (Phi) is 4.05. The first-order valence-corrected chi connectivity index (χ1v) is 7.74. The van der Waals surface area contributed by atoms with Crippen molar-refractivity contribution in [3.63, 3.8) is 0 Å². The Balaban J connectivity index is 1.64. The zero-order valence-electron chi connectivity index (χ0n) is 11.1. The molecule has 1 fully saturated rings. The van der Waals surface area contributed by atoms with Crippen molar-refractivity contribution >= 4 is 21.6 Å². The molecule has 20 heavy (non-hydrogen) atoms. The SMILES string of the molecule is Fc1ccc(Br)c(NCc2ccn(C3CCCC3)n2)c1. The molecule has 0 amide bonds. The van der Waals surface area contributed by atoms with E-state index < -0.39 is 0 Å². The second-order valence-electron chi connectivity index (χ2n) is 5.20. The van der Waals surface area contributed by atoms with E-state index in [0.29, 0.717) is 12.6 Å². The summed E-state index contributed by atoms with van der Waals surface area (Å²) in [5, 5.41) is 7.82. The second-order valence-corrected chi connectivity index (χ2v) is 6.06. The Morgan fingerprint density at radius 1 is 1.30 bits per heavy atom. The van der Waals surface area contributed by atoms with Gasteiger partial charge in [0.05, 0.1) is 24.0 Å². The first-order chi connectivity index (χ1) is 9.72. The molecule has 1 saturated carbocycles. The highest BCUT2D eigenvalue weighted by atomic mass is 79.9. The lowest BCUT2D eigenvalue weighted by Crippen LogP contribution is -2.07. The van der Waals surface area contributed by atoms with Crippen LogP contribution < -0.4 is 5.32 Å². The number of nitrogens with one attached hydrogen (secondary N) is 1. The molecule has 0 bridgehead atoms. The van der Waals surface area contributed by atoms with Crippen LogP contribution in [-0.4, -0.2) is 9.78 Å². The predicted molar refractivity (Wildman–Crippen MR) is 81.2 cm³/mol. The highest BCUT2D eigenvalue weighted by Crippen LogP contribution is 2.29. The molecule has 1 N–H and O–H groups in total. The fraction of sp³-hybridized carbons (Fsp3) is 0.400. The fourth-order valence-electron chi connectivity index (χ4n) is 2.66. The van der Waals surface area contributed by atoms with Crippen LogP contribution in [-0.2, 0) is 6.54 Å². The van der Waals surface area contributed by atoms with Crippen LogP contribution in [0.2, 0.25) is 0 Å². The number of hydrogen-bond acceptors (Lipinski definition) is 2. The van der Waals surface area contributed by atoms with Gasteiger partial charge in [-0.3, -0.25) is 4.68 Å². The normalized spacial score (nSPS) is 15.7. The number of benzene rings is 1. The average molecular weight is 338 g/mol. The molecular formula is C15H17BrFN3. The van der Waals surface area contributed by atoms with Gasteiger partial charge in [0.25, 0.3) is 0 Å². The van der Waals surface area contributed by atoms with Gasteiger partial charge in [0.2, 0.25) is 0 Å². The molecule has 5 heteroatoms. The molecule has 0 radical (unpaired) electrons. The minimum absolute atomic E-state index is 0.243. The van der Waals surface area contributed by atoms with Crippen molar-refractivity contribution in [2.45, 2.75) is 38.3 Å². The van der Waals surface area contributed by atoms with Crippen molar-refractivity contribution in [3.8, 4) is 0 Å². The molecule has 0 spiro atoms. The van der Waals surface area contributed by atoms with Gasteiger partial charge < -0.3 is 5.32 Å². The molecule has 1 heterocycles. The summed E-state index contributed by atoms with van der Waals surface area (Å²) in [5.41, 5.74) is 1.73. The molecule has 0 saturated heterocycles. The highest BCUT2D eigenvalue weighted by molar-refractivity contribution is 9.10. The minimum Gasteiger partial charge on any atom is -0.378 e. The van der Waals surface area contributed by atoms with Crippen LogP contribution in [0.3, 0.4) is 0 Å². The zero-order valence-corrected chi connectivity index (χ0v) is 12.7. The Hall–Kier alpha value is -1.36. The van der Waals surface area contributed by atoms with E-state index in [1.54, 1.807) is 6.07 Å². The molecule has 1 aliphatic rings. The van der Waals surface area contributed by atoms with Gasteiger partial charge in [-0.25, -0.2) is 4.39 Å². The molecule has 0 unspecified atom stereocenters. The van der Waals surface area contributed by atoms with E-state index in [9.17, 15) is 4.39 Å². The molecule has 3 rings (SSSR count). The number of hydrogen-bond donors (Lipinski definition) is 1. The van der Waals surface area contributed by atoms with E-state index in [2.05, 4.69) is 31.0 Å². The Bertz CT molecular complexity index is 591. The van der Waals surface area contributed by atoms with Crippen molar-refractivity contribution < 1.29 is 4.39 Å². The quantitative estimate of drug-likeness (QED) is 0.889. The van der Waals surface area contributed by atoms with Gasteiger partial charge in [-0.1, -0.05) is 12.8 Å². The summed E-state index contributed by atoms with van der Waals surface area (Å²) < 4.78 is 16.1. The summed E-state index contributed by atoms with van der Waals surface area (Å²) in [7, 11) is 0. The summed E-state index contributed by atoms with van der Waals surface area (Å²) in [4.78, 5) is 0. The van der Waals surface area contributed by atoms with Crippen molar-refractivity contribution in [2.24, 2.45) is 0 Å². The minimum atomic E-state index is -0.243. The van der Waals surface area contributed by atoms with Gasteiger partial charge in [0.15, 0.2) is 0 Å². The number of halogens is 2. The third kappa shape index (κ3) is 3.03. The lowest BCUT2D eigenvalue weighted by Gasteiger charge is -2.09. The van der Waals surface area contributed by atoms with Gasteiger partial charge in [-0.05, 0) is 53.0 Å². The Labute approximate surface area is 126 Å². The molecule has 1 aromatic heterocycles. The zero-order chi connectivity index (χ0) is 13.9. The van der Waals surface area contributed by atoms with Crippen molar-refractivity contribution in [1.82, 2.24) is 9.78 Å². The van der Waals surface area contributed by atoms with Gasteiger partial charge >= 0.3 is 0 Å². The number of rotatable bonds is 4. The smallest absolute Gasteiger partial charge is 0.125 e. The maximum Gasteiger partial charge on any atom is 0.125 e. The maximum atomic E-state index is 13.2. The molecular weight excluding hydrogens is 321 g/mol. The monoisotopic (exact) mass is 337 g/mol. The van der Waals surface area contributed by atoms with Crippen LogP contribution >= 0.6 is 15.9 Å². The predicted octanol–water partition coefficient (Wildman–Crippen LogP) is 4.51. The average Bonchev–Trinajstić information content (AvgIpc) is 3.09. The first kappa shape index (κ1) is 13.6. The number of aromatic nitrogens is 2. The maximum absolute atomic E-state index is 13.2. The molecule has 0 aliphatic heterocycles. The Morgan fingerprint density at radius 3 is 2.90 bits per heavy atom. The van der Waals surface area contributed by atoms with Crippen LogP contribution in [0.15, 0.2) is 34.9 Å². The van der Waals surface area contributed by atoms with E-state index in [0.717, 1.165) is 15.9 Å². The Morgan fingerprint density at radius 2 is 2.10 bits per heavy atom. The van der Waals surface area contributed by atoms with Crippen molar-refractivity contribution in [3.05, 3.63) is 46.4 Å². The van der Waals surface area contributed by atoms with Crippen LogP contribution in [0.5, 0.6) is 0 Å². The topological polar surface area (TPSA) is 29.9 Å². The standard InChI is InChI=1S/C15H17BrFN3/c16-14-6-5-11(17)9-15(14)18-10-12-7-8-20(19-12)13-3-1-2-4-13/h5-9,13,18H,1-4,10H2. The first-order valence-electron chi connectivity index (χ1n) is 6.95. The third-order valence-corrected chi connectivity index (χ3v) is 4.44. The van der Waals surface area contributed by atoms with E-state index in [1.807, 2.05) is 12.3 Å². The van der Waals surface area contributed by atoms with E-state index >= 15 is 0 Å². The lowest BCUT2D eigenvalue weighted by atomic mass is 10.3. The van der Waals surface area contributed by atoms with E-state index in [1.165, 1.54) is 37.8 Å². The van der Waals surface area contributed by atoms with Crippen LogP contribution in [0.25, 0.3) is 0 Å². The van der Waals surface area contributed by atoms with Gasteiger partial charge in [0, 0.05) is 10.7 Å². The summed E-state index contributed by atoms with van der Waals surface area (Å²) in [6.45, 7) is 0.599. The highest BCUT2D eigenvalue weighted by Gasteiger charge is 2.17. The number of anilines is 1. The molecule has 0 atom stereocenters.